The average Bonchev–Trinajstić information content (AvgIpc) is 3.17. The van der Waals surface area contributed by atoms with Gasteiger partial charge in [0.2, 0.25) is 5.91 Å². The first-order chi connectivity index (χ1) is 8.94. The predicted octanol–water partition coefficient (Wildman–Crippen LogP) is 2.38. The topological polar surface area (TPSA) is 55.1 Å². The van der Waals surface area contributed by atoms with Gasteiger partial charge >= 0.3 is 0 Å². The first-order valence-corrected chi connectivity index (χ1v) is 6.74. The molecule has 1 aromatic carbocycles. The molecule has 3 nitrogen and oxygen atoms in total. The van der Waals surface area contributed by atoms with Gasteiger partial charge in [-0.1, -0.05) is 19.1 Å². The van der Waals surface area contributed by atoms with Crippen molar-refractivity contribution in [2.24, 2.45) is 11.7 Å². The minimum Gasteiger partial charge on any atom is -0.355 e. The molecule has 1 saturated carbocycles. The number of halogens is 2. The molecule has 1 fully saturated rings. The van der Waals surface area contributed by atoms with E-state index in [0.29, 0.717) is 6.54 Å². The third-order valence-corrected chi connectivity index (χ3v) is 4.11. The molecular formula is C15H22ClFN2O. The molecule has 1 amide bonds. The maximum atomic E-state index is 12.9. The maximum Gasteiger partial charge on any atom is 0.224 e. The van der Waals surface area contributed by atoms with E-state index in [1.54, 1.807) is 0 Å². The molecule has 0 aliphatic heterocycles. The molecule has 0 spiro atoms. The van der Waals surface area contributed by atoms with Crippen LogP contribution in [0.25, 0.3) is 0 Å². The van der Waals surface area contributed by atoms with Crippen LogP contribution in [0.5, 0.6) is 0 Å². The third-order valence-electron chi connectivity index (χ3n) is 4.11. The smallest absolute Gasteiger partial charge is 0.224 e. The first kappa shape index (κ1) is 16.9. The summed E-state index contributed by atoms with van der Waals surface area (Å²) < 4.78 is 12.9. The fourth-order valence-corrected chi connectivity index (χ4v) is 2.18. The van der Waals surface area contributed by atoms with Gasteiger partial charge in [-0.05, 0) is 37.5 Å². The molecule has 2 rings (SSSR count). The molecule has 2 unspecified atom stereocenters. The summed E-state index contributed by atoms with van der Waals surface area (Å²) in [5, 5.41) is 2.97. The van der Waals surface area contributed by atoms with E-state index in [0.717, 1.165) is 18.4 Å². The Balaban J connectivity index is 0.00000200. The van der Waals surface area contributed by atoms with Gasteiger partial charge in [0.25, 0.3) is 0 Å². The summed E-state index contributed by atoms with van der Waals surface area (Å²) in [6.45, 7) is 4.27. The Morgan fingerprint density at radius 2 is 1.90 bits per heavy atom. The molecule has 3 N–H and O–H groups in total. The standard InChI is InChI=1S/C15H21FN2O.ClH/c1-10(11(2)17)14(19)18-9-15(7-8-15)12-3-5-13(16)6-4-12;/h3-6,10-11H,7-9,17H2,1-2H3,(H,18,19);1H. The SMILES string of the molecule is CC(N)C(C)C(=O)NCC1(c2ccc(F)cc2)CC1.Cl. The number of rotatable bonds is 5. The molecule has 0 saturated heterocycles. The lowest BCUT2D eigenvalue weighted by atomic mass is 9.95. The molecule has 0 heterocycles. The number of nitrogens with two attached hydrogens (primary N) is 1. The van der Waals surface area contributed by atoms with E-state index >= 15 is 0 Å². The predicted molar refractivity (Wildman–Crippen MR) is 80.4 cm³/mol. The Labute approximate surface area is 125 Å². The zero-order chi connectivity index (χ0) is 14.0. The van der Waals surface area contributed by atoms with Crippen LogP contribution in [0.3, 0.4) is 0 Å². The summed E-state index contributed by atoms with van der Waals surface area (Å²) >= 11 is 0. The number of hydrogen-bond donors (Lipinski definition) is 2. The van der Waals surface area contributed by atoms with Crippen LogP contribution in [-0.4, -0.2) is 18.5 Å². The minimum absolute atomic E-state index is 0. The van der Waals surface area contributed by atoms with E-state index in [1.807, 2.05) is 26.0 Å². The van der Waals surface area contributed by atoms with Gasteiger partial charge in [-0.3, -0.25) is 4.79 Å². The highest BCUT2D eigenvalue weighted by Crippen LogP contribution is 2.47. The van der Waals surface area contributed by atoms with Crippen LogP contribution in [0.1, 0.15) is 32.3 Å². The van der Waals surface area contributed by atoms with Crippen LogP contribution in [0, 0.1) is 11.7 Å². The molecule has 1 aliphatic carbocycles. The summed E-state index contributed by atoms with van der Waals surface area (Å²) in [5.74, 6) is -0.429. The monoisotopic (exact) mass is 300 g/mol. The molecule has 1 aromatic rings. The first-order valence-electron chi connectivity index (χ1n) is 6.74. The van der Waals surface area contributed by atoms with Gasteiger partial charge < -0.3 is 11.1 Å². The van der Waals surface area contributed by atoms with E-state index in [-0.39, 0.29) is 41.5 Å². The second-order valence-electron chi connectivity index (χ2n) is 5.65. The van der Waals surface area contributed by atoms with Crippen molar-refractivity contribution in [2.45, 2.75) is 38.1 Å². The Morgan fingerprint density at radius 1 is 1.35 bits per heavy atom. The van der Waals surface area contributed by atoms with Crippen molar-refractivity contribution in [3.8, 4) is 0 Å². The van der Waals surface area contributed by atoms with Crippen molar-refractivity contribution in [1.29, 1.82) is 0 Å². The lowest BCUT2D eigenvalue weighted by Crippen LogP contribution is -2.41. The number of carbonyl (C=O) groups is 1. The van der Waals surface area contributed by atoms with Crippen LogP contribution >= 0.6 is 12.4 Å². The minimum atomic E-state index is -0.228. The van der Waals surface area contributed by atoms with Crippen LogP contribution in [0.4, 0.5) is 4.39 Å². The molecular weight excluding hydrogens is 279 g/mol. The van der Waals surface area contributed by atoms with Crippen LogP contribution < -0.4 is 11.1 Å². The largest absolute Gasteiger partial charge is 0.355 e. The zero-order valence-electron chi connectivity index (χ0n) is 11.9. The molecule has 1 aliphatic rings. The Bertz CT molecular complexity index is 457. The van der Waals surface area contributed by atoms with Crippen LogP contribution in [0.15, 0.2) is 24.3 Å². The number of benzene rings is 1. The lowest BCUT2D eigenvalue weighted by molar-refractivity contribution is -0.125. The normalized spacial score (nSPS) is 18.6. The Morgan fingerprint density at radius 3 is 2.35 bits per heavy atom. The van der Waals surface area contributed by atoms with Gasteiger partial charge in [-0.25, -0.2) is 4.39 Å². The molecule has 5 heteroatoms. The van der Waals surface area contributed by atoms with E-state index in [2.05, 4.69) is 5.32 Å². The summed E-state index contributed by atoms with van der Waals surface area (Å²) in [6.07, 6.45) is 2.07. The molecule has 0 radical (unpaired) electrons. The van der Waals surface area contributed by atoms with Crippen molar-refractivity contribution in [2.75, 3.05) is 6.54 Å². The van der Waals surface area contributed by atoms with E-state index in [4.69, 9.17) is 5.73 Å². The number of amides is 1. The summed E-state index contributed by atoms with van der Waals surface area (Å²) in [6, 6.07) is 6.41. The highest BCUT2D eigenvalue weighted by molar-refractivity contribution is 5.85. The summed E-state index contributed by atoms with van der Waals surface area (Å²) in [4.78, 5) is 11.9. The van der Waals surface area contributed by atoms with Gasteiger partial charge in [-0.15, -0.1) is 12.4 Å². The van der Waals surface area contributed by atoms with Crippen LogP contribution in [0.2, 0.25) is 0 Å². The molecule has 2 atom stereocenters. The molecule has 0 aromatic heterocycles. The lowest BCUT2D eigenvalue weighted by Gasteiger charge is -2.20. The van der Waals surface area contributed by atoms with Crippen molar-refractivity contribution < 1.29 is 9.18 Å². The average molecular weight is 301 g/mol. The maximum absolute atomic E-state index is 12.9. The highest BCUT2D eigenvalue weighted by Gasteiger charge is 2.44. The Hall–Kier alpha value is -1.13. The van der Waals surface area contributed by atoms with Crippen LogP contribution in [-0.2, 0) is 10.2 Å². The number of nitrogens with one attached hydrogen (secondary N) is 1. The van der Waals surface area contributed by atoms with Gasteiger partial charge in [0.1, 0.15) is 5.82 Å². The third kappa shape index (κ3) is 3.70. The number of carbonyl (C=O) groups excluding carboxylic acids is 1. The van der Waals surface area contributed by atoms with Gasteiger partial charge in [0.05, 0.1) is 0 Å². The quantitative estimate of drug-likeness (QED) is 0.877. The van der Waals surface area contributed by atoms with Crippen molar-refractivity contribution in [3.05, 3.63) is 35.6 Å². The zero-order valence-corrected chi connectivity index (χ0v) is 12.7. The van der Waals surface area contributed by atoms with Crippen molar-refractivity contribution >= 4 is 18.3 Å². The van der Waals surface area contributed by atoms with Gasteiger partial charge in [0, 0.05) is 23.9 Å². The number of hydrogen-bond acceptors (Lipinski definition) is 2. The van der Waals surface area contributed by atoms with E-state index < -0.39 is 0 Å². The van der Waals surface area contributed by atoms with Gasteiger partial charge in [-0.2, -0.15) is 0 Å². The molecule has 112 valence electrons. The second-order valence-corrected chi connectivity index (χ2v) is 5.65. The second kappa shape index (κ2) is 6.55. The van der Waals surface area contributed by atoms with Crippen molar-refractivity contribution in [3.63, 3.8) is 0 Å². The summed E-state index contributed by atoms with van der Waals surface area (Å²) in [7, 11) is 0. The highest BCUT2D eigenvalue weighted by atomic mass is 35.5. The van der Waals surface area contributed by atoms with E-state index in [9.17, 15) is 9.18 Å². The van der Waals surface area contributed by atoms with Crippen molar-refractivity contribution in [1.82, 2.24) is 5.32 Å². The van der Waals surface area contributed by atoms with E-state index in [1.165, 1.54) is 12.1 Å². The Kier molecular flexibility index (Phi) is 5.54. The summed E-state index contributed by atoms with van der Waals surface area (Å²) in [5.41, 5.74) is 6.82. The fourth-order valence-electron chi connectivity index (χ4n) is 2.18. The van der Waals surface area contributed by atoms with Gasteiger partial charge in [0.15, 0.2) is 0 Å². The fraction of sp³-hybridized carbons (Fsp3) is 0.533. The molecule has 20 heavy (non-hydrogen) atoms. The molecule has 0 bridgehead atoms.